The molecule has 136 valence electrons. The van der Waals surface area contributed by atoms with Gasteiger partial charge in [0.05, 0.1) is 11.4 Å². The van der Waals surface area contributed by atoms with Crippen LogP contribution in [-0.2, 0) is 19.9 Å². The third-order valence-corrected chi connectivity index (χ3v) is 4.94. The first-order chi connectivity index (χ1) is 12.9. The molecule has 0 bridgehead atoms. The minimum Gasteiger partial charge on any atom is -0.274 e. The number of hydrazone groups is 1. The van der Waals surface area contributed by atoms with E-state index in [0.29, 0.717) is 22.5 Å². The Hall–Kier alpha value is -3.35. The average molecular weight is 365 g/mol. The van der Waals surface area contributed by atoms with E-state index in [9.17, 15) is 18.8 Å². The highest BCUT2D eigenvalue weighted by Crippen LogP contribution is 2.49. The lowest BCUT2D eigenvalue weighted by Crippen LogP contribution is -2.51. The highest BCUT2D eigenvalue weighted by Gasteiger charge is 2.60. The molecule has 0 saturated carbocycles. The maximum atomic E-state index is 13.4. The number of carbonyl (C=O) groups is 3. The van der Waals surface area contributed by atoms with Gasteiger partial charge in [0.25, 0.3) is 5.91 Å². The molecule has 0 radical (unpaired) electrons. The van der Waals surface area contributed by atoms with E-state index >= 15 is 0 Å². The first-order valence-corrected chi connectivity index (χ1v) is 8.45. The summed E-state index contributed by atoms with van der Waals surface area (Å²) in [6, 6.07) is 12.6. The number of amides is 3. The Kier molecular flexibility index (Phi) is 3.69. The second kappa shape index (κ2) is 5.84. The zero-order valence-electron chi connectivity index (χ0n) is 14.8. The predicted molar refractivity (Wildman–Crippen MR) is 96.4 cm³/mol. The normalized spacial score (nSPS) is 20.9. The summed E-state index contributed by atoms with van der Waals surface area (Å²) in [4.78, 5) is 39.0. The summed E-state index contributed by atoms with van der Waals surface area (Å²) < 4.78 is 13.3. The van der Waals surface area contributed by atoms with Gasteiger partial charge in [0.15, 0.2) is 5.54 Å². The molecule has 0 saturated heterocycles. The first-order valence-electron chi connectivity index (χ1n) is 8.45. The lowest BCUT2D eigenvalue weighted by molar-refractivity contribution is -0.144. The molecule has 2 aliphatic rings. The third-order valence-electron chi connectivity index (χ3n) is 4.94. The number of hydrogen-bond acceptors (Lipinski definition) is 4. The van der Waals surface area contributed by atoms with E-state index in [1.807, 2.05) is 0 Å². The van der Waals surface area contributed by atoms with Gasteiger partial charge in [-0.1, -0.05) is 30.3 Å². The van der Waals surface area contributed by atoms with Crippen molar-refractivity contribution in [2.75, 3.05) is 4.90 Å². The molecule has 1 atom stereocenters. The molecule has 0 unspecified atom stereocenters. The minimum absolute atomic E-state index is 0.109. The van der Waals surface area contributed by atoms with E-state index < -0.39 is 23.3 Å². The Bertz CT molecular complexity index is 1020. The molecule has 1 spiro atoms. The van der Waals surface area contributed by atoms with Crippen molar-refractivity contribution in [2.45, 2.75) is 25.8 Å². The molecule has 2 heterocycles. The molecule has 3 amide bonds. The predicted octanol–water partition coefficient (Wildman–Crippen LogP) is 2.57. The summed E-state index contributed by atoms with van der Waals surface area (Å²) in [5, 5.41) is 5.53. The van der Waals surface area contributed by atoms with E-state index in [2.05, 4.69) is 5.10 Å². The minimum atomic E-state index is -1.40. The maximum absolute atomic E-state index is 13.4. The second-order valence-electron chi connectivity index (χ2n) is 6.60. The Morgan fingerprint density at radius 1 is 1.04 bits per heavy atom. The lowest BCUT2D eigenvalue weighted by Gasteiger charge is -2.30. The van der Waals surface area contributed by atoms with Crippen molar-refractivity contribution >= 4 is 29.1 Å². The Morgan fingerprint density at radius 2 is 1.70 bits per heavy atom. The highest BCUT2D eigenvalue weighted by molar-refractivity contribution is 6.25. The van der Waals surface area contributed by atoms with Crippen molar-refractivity contribution in [3.05, 3.63) is 65.5 Å². The van der Waals surface area contributed by atoms with Gasteiger partial charge in [-0.3, -0.25) is 14.4 Å². The number of carbonyl (C=O) groups excluding carboxylic acids is 3. The summed E-state index contributed by atoms with van der Waals surface area (Å²) >= 11 is 0. The molecule has 2 aromatic carbocycles. The summed E-state index contributed by atoms with van der Waals surface area (Å²) in [6.07, 6.45) is 0.109. The molecule has 4 rings (SSSR count). The molecule has 0 aliphatic carbocycles. The van der Waals surface area contributed by atoms with Gasteiger partial charge >= 0.3 is 0 Å². The van der Waals surface area contributed by atoms with Crippen LogP contribution in [0.2, 0.25) is 0 Å². The van der Waals surface area contributed by atoms with Gasteiger partial charge < -0.3 is 0 Å². The molecule has 2 aliphatic heterocycles. The van der Waals surface area contributed by atoms with Crippen molar-refractivity contribution < 1.29 is 18.8 Å². The number of hydrogen-bond donors (Lipinski definition) is 0. The fourth-order valence-corrected chi connectivity index (χ4v) is 3.82. The van der Waals surface area contributed by atoms with Crippen LogP contribution in [0.5, 0.6) is 0 Å². The van der Waals surface area contributed by atoms with Crippen LogP contribution in [0.1, 0.15) is 31.4 Å². The van der Waals surface area contributed by atoms with Crippen LogP contribution in [0.25, 0.3) is 0 Å². The summed E-state index contributed by atoms with van der Waals surface area (Å²) in [5.74, 6) is -1.74. The van der Waals surface area contributed by atoms with Gasteiger partial charge in [-0.2, -0.15) is 5.10 Å². The third kappa shape index (κ3) is 2.31. The molecule has 0 aromatic heterocycles. The summed E-state index contributed by atoms with van der Waals surface area (Å²) in [6.45, 7) is 2.63. The quantitative estimate of drug-likeness (QED) is 0.780. The van der Waals surface area contributed by atoms with Gasteiger partial charge in [0, 0.05) is 25.8 Å². The number of fused-ring (bicyclic) bond motifs is 2. The Labute approximate surface area is 154 Å². The van der Waals surface area contributed by atoms with Crippen LogP contribution in [0.3, 0.4) is 0 Å². The van der Waals surface area contributed by atoms with Gasteiger partial charge in [0.1, 0.15) is 5.82 Å². The smallest absolute Gasteiger partial charge is 0.266 e. The number of anilines is 1. The summed E-state index contributed by atoms with van der Waals surface area (Å²) in [5.41, 5.74) is 0.709. The molecule has 0 fully saturated rings. The standard InChI is InChI=1S/C20H16FN3O3/c1-12(25)23-18-6-4-3-5-16(18)20(19(23)27)11-17(22-24(20)13(2)26)14-7-9-15(21)10-8-14/h3-10H,11H2,1-2H3/t20-/m1/s1. The van der Waals surface area contributed by atoms with E-state index in [1.165, 1.54) is 26.0 Å². The molecule has 27 heavy (non-hydrogen) atoms. The van der Waals surface area contributed by atoms with Crippen LogP contribution < -0.4 is 4.90 Å². The van der Waals surface area contributed by atoms with E-state index in [0.717, 1.165) is 9.91 Å². The van der Waals surface area contributed by atoms with Gasteiger partial charge in [-0.15, -0.1) is 0 Å². The second-order valence-corrected chi connectivity index (χ2v) is 6.60. The van der Waals surface area contributed by atoms with Crippen molar-refractivity contribution in [3.8, 4) is 0 Å². The van der Waals surface area contributed by atoms with Crippen molar-refractivity contribution in [3.63, 3.8) is 0 Å². The van der Waals surface area contributed by atoms with Crippen LogP contribution in [0.4, 0.5) is 10.1 Å². The Morgan fingerprint density at radius 3 is 2.33 bits per heavy atom. The fraction of sp³-hybridized carbons (Fsp3) is 0.200. The fourth-order valence-electron chi connectivity index (χ4n) is 3.82. The number of benzene rings is 2. The number of halogens is 1. The Balaban J connectivity index is 1.89. The monoisotopic (exact) mass is 365 g/mol. The number of imide groups is 1. The van der Waals surface area contributed by atoms with E-state index in [-0.39, 0.29) is 12.2 Å². The van der Waals surface area contributed by atoms with Gasteiger partial charge in [-0.05, 0) is 23.8 Å². The molecule has 2 aromatic rings. The van der Waals surface area contributed by atoms with Gasteiger partial charge in [-0.25, -0.2) is 14.3 Å². The molecular formula is C20H16FN3O3. The van der Waals surface area contributed by atoms with Crippen LogP contribution in [0, 0.1) is 5.82 Å². The molecule has 7 heteroatoms. The number of nitrogens with zero attached hydrogens (tertiary/aromatic N) is 3. The van der Waals surface area contributed by atoms with E-state index in [1.54, 1.807) is 36.4 Å². The van der Waals surface area contributed by atoms with E-state index in [4.69, 9.17) is 0 Å². The molecule has 0 N–H and O–H groups in total. The van der Waals surface area contributed by atoms with Crippen LogP contribution in [0.15, 0.2) is 53.6 Å². The molecule has 6 nitrogen and oxygen atoms in total. The maximum Gasteiger partial charge on any atom is 0.266 e. The van der Waals surface area contributed by atoms with Gasteiger partial charge in [0.2, 0.25) is 11.8 Å². The number of rotatable bonds is 1. The number of para-hydroxylation sites is 1. The summed E-state index contributed by atoms with van der Waals surface area (Å²) in [7, 11) is 0. The average Bonchev–Trinajstić information content (AvgIpc) is 3.15. The van der Waals surface area contributed by atoms with Crippen molar-refractivity contribution in [1.29, 1.82) is 0 Å². The van der Waals surface area contributed by atoms with Crippen LogP contribution in [-0.4, -0.2) is 28.4 Å². The van der Waals surface area contributed by atoms with Crippen molar-refractivity contribution in [2.24, 2.45) is 5.10 Å². The lowest BCUT2D eigenvalue weighted by atomic mass is 9.85. The topological polar surface area (TPSA) is 70.1 Å². The highest BCUT2D eigenvalue weighted by atomic mass is 19.1. The first kappa shape index (κ1) is 17.1. The SMILES string of the molecule is CC(=O)N1C(=O)[C@@]2(CC(c3ccc(F)cc3)=NN2C(C)=O)c2ccccc21. The largest absolute Gasteiger partial charge is 0.274 e. The van der Waals surface area contributed by atoms with Crippen molar-refractivity contribution in [1.82, 2.24) is 5.01 Å². The molecular weight excluding hydrogens is 349 g/mol. The zero-order valence-corrected chi connectivity index (χ0v) is 14.8. The van der Waals surface area contributed by atoms with Crippen LogP contribution >= 0.6 is 0 Å². The zero-order chi connectivity index (χ0) is 19.3.